The molecule has 0 radical (unpaired) electrons. The van der Waals surface area contributed by atoms with Gasteiger partial charge in [0.1, 0.15) is 5.69 Å². The van der Waals surface area contributed by atoms with Gasteiger partial charge >= 0.3 is 0 Å². The fourth-order valence-electron chi connectivity index (χ4n) is 9.43. The monoisotopic (exact) mass is 845 g/mol. The second kappa shape index (κ2) is 15.1. The highest BCUT2D eigenvalue weighted by molar-refractivity contribution is 7.26. The Hall–Kier alpha value is -8.45. The molecule has 0 bridgehead atoms. The molecule has 13 rings (SSSR count). The maximum Gasteiger partial charge on any atom is 0.182 e. The fraction of sp³-hybridized carbons (Fsp3) is 0. The summed E-state index contributed by atoms with van der Waals surface area (Å²) in [5.74, 6) is 2.21. The maximum atomic E-state index is 5.38. The van der Waals surface area contributed by atoms with Gasteiger partial charge in [0.15, 0.2) is 23.3 Å². The molecule has 6 heteroatoms. The molecule has 0 saturated heterocycles. The highest BCUT2D eigenvalue weighted by Crippen LogP contribution is 2.41. The van der Waals surface area contributed by atoms with Gasteiger partial charge in [-0.05, 0) is 78.5 Å². The van der Waals surface area contributed by atoms with Crippen LogP contribution in [0, 0.1) is 0 Å². The largest absolute Gasteiger partial charge is 0.228 e. The average molecular weight is 846 g/mol. The highest BCUT2D eigenvalue weighted by Gasteiger charge is 2.21. The van der Waals surface area contributed by atoms with Crippen LogP contribution in [0.5, 0.6) is 0 Å². The summed E-state index contributed by atoms with van der Waals surface area (Å²) in [5.41, 5.74) is 7.47. The van der Waals surface area contributed by atoms with Crippen molar-refractivity contribution in [2.45, 2.75) is 0 Å². The molecule has 0 aliphatic heterocycles. The van der Waals surface area contributed by atoms with Gasteiger partial charge in [-0.3, -0.25) is 0 Å². The molecule has 0 unspecified atom stereocenters. The third-order valence-corrected chi connectivity index (χ3v) is 13.8. The van der Waals surface area contributed by atoms with Crippen LogP contribution in [0.15, 0.2) is 212 Å². The summed E-state index contributed by atoms with van der Waals surface area (Å²) >= 11 is 1.84. The van der Waals surface area contributed by atoms with Gasteiger partial charge in [0.2, 0.25) is 0 Å². The van der Waals surface area contributed by atoms with Crippen molar-refractivity contribution in [3.63, 3.8) is 0 Å². The van der Waals surface area contributed by atoms with E-state index in [4.69, 9.17) is 24.9 Å². The van der Waals surface area contributed by atoms with Crippen molar-refractivity contribution in [1.29, 1.82) is 0 Å². The van der Waals surface area contributed by atoms with Crippen LogP contribution < -0.4 is 0 Å². The van der Waals surface area contributed by atoms with E-state index in [9.17, 15) is 0 Å². The smallest absolute Gasteiger partial charge is 0.182 e. The number of hydrogen-bond donors (Lipinski definition) is 0. The van der Waals surface area contributed by atoms with E-state index in [2.05, 4.69) is 176 Å². The molecule has 13 aromatic rings. The standard InChI is InChI=1S/C59H35N5S/c1-2-15-38(16-3-1)56-60-52(37-31-29-36(30-32-37)43-26-14-27-49-48-25-12-13-28-54(48)65-55(43)49)35-53(61-56)59-63-57(50-33-39-17-4-6-19-41(39)44-21-8-10-23-46(44)50)62-58(64-59)51-34-40-18-5-7-20-42(40)45-22-9-11-24-47(45)51/h1-35H. The Morgan fingerprint density at radius 2 is 0.754 bits per heavy atom. The van der Waals surface area contributed by atoms with E-state index < -0.39 is 0 Å². The summed E-state index contributed by atoms with van der Waals surface area (Å²) in [5, 5.41) is 11.6. The van der Waals surface area contributed by atoms with Gasteiger partial charge in [-0.15, -0.1) is 11.3 Å². The summed E-state index contributed by atoms with van der Waals surface area (Å²) in [6, 6.07) is 74.6. The van der Waals surface area contributed by atoms with E-state index >= 15 is 0 Å². The zero-order valence-corrected chi connectivity index (χ0v) is 35.7. The lowest BCUT2D eigenvalue weighted by Gasteiger charge is -2.15. The number of aromatic nitrogens is 5. The first kappa shape index (κ1) is 37.1. The van der Waals surface area contributed by atoms with Gasteiger partial charge in [-0.1, -0.05) is 188 Å². The Morgan fingerprint density at radius 1 is 0.262 bits per heavy atom. The topological polar surface area (TPSA) is 64.5 Å². The Bertz CT molecular complexity index is 3870. The minimum Gasteiger partial charge on any atom is -0.228 e. The van der Waals surface area contributed by atoms with Crippen molar-refractivity contribution in [2.24, 2.45) is 0 Å². The molecule has 10 aromatic carbocycles. The number of nitrogens with zero attached hydrogens (tertiary/aromatic N) is 5. The molecule has 0 spiro atoms. The number of hydrogen-bond acceptors (Lipinski definition) is 6. The molecule has 0 fully saturated rings. The third kappa shape index (κ3) is 6.34. The normalized spacial score (nSPS) is 11.7. The van der Waals surface area contributed by atoms with E-state index in [0.29, 0.717) is 29.0 Å². The van der Waals surface area contributed by atoms with Gasteiger partial charge in [0.05, 0.1) is 5.69 Å². The second-order valence-corrected chi connectivity index (χ2v) is 17.4. The van der Waals surface area contributed by atoms with Crippen LogP contribution in [0.4, 0.5) is 0 Å². The Labute approximate surface area is 378 Å². The SMILES string of the molecule is c1ccc(-c2nc(-c3ccc(-c4cccc5c4sc4ccccc45)cc3)cc(-c3nc(-c4cc5ccccc5c5ccccc45)nc(-c4cc5ccccc5c5ccccc45)n3)n2)cc1. The predicted molar refractivity (Wildman–Crippen MR) is 271 cm³/mol. The van der Waals surface area contributed by atoms with Crippen molar-refractivity contribution < 1.29 is 0 Å². The molecule has 65 heavy (non-hydrogen) atoms. The molecule has 0 atom stereocenters. The van der Waals surface area contributed by atoms with Gasteiger partial charge in [0.25, 0.3) is 0 Å². The van der Waals surface area contributed by atoms with Crippen LogP contribution in [0.2, 0.25) is 0 Å². The highest BCUT2D eigenvalue weighted by atomic mass is 32.1. The first-order valence-corrected chi connectivity index (χ1v) is 22.6. The Balaban J connectivity index is 1.03. The van der Waals surface area contributed by atoms with Crippen LogP contribution in [-0.4, -0.2) is 24.9 Å². The fourth-order valence-corrected chi connectivity index (χ4v) is 10.7. The molecule has 0 saturated carbocycles. The van der Waals surface area contributed by atoms with Crippen molar-refractivity contribution in [1.82, 2.24) is 24.9 Å². The Morgan fingerprint density at radius 3 is 1.40 bits per heavy atom. The molecule has 0 aliphatic carbocycles. The van der Waals surface area contributed by atoms with Crippen molar-refractivity contribution >= 4 is 74.6 Å². The quantitative estimate of drug-likeness (QED) is 0.156. The molecule has 0 amide bonds. The van der Waals surface area contributed by atoms with Crippen LogP contribution >= 0.6 is 11.3 Å². The van der Waals surface area contributed by atoms with E-state index in [-0.39, 0.29) is 0 Å². The third-order valence-electron chi connectivity index (χ3n) is 12.5. The van der Waals surface area contributed by atoms with Crippen molar-refractivity contribution in [3.05, 3.63) is 212 Å². The van der Waals surface area contributed by atoms with Crippen LogP contribution in [0.3, 0.4) is 0 Å². The first-order chi connectivity index (χ1) is 32.2. The van der Waals surface area contributed by atoms with Gasteiger partial charge in [-0.2, -0.15) is 0 Å². The van der Waals surface area contributed by atoms with Crippen LogP contribution in [0.1, 0.15) is 0 Å². The van der Waals surface area contributed by atoms with Crippen molar-refractivity contribution in [2.75, 3.05) is 0 Å². The Kier molecular flexibility index (Phi) is 8.64. The first-order valence-electron chi connectivity index (χ1n) is 21.7. The number of rotatable bonds is 6. The molecule has 0 N–H and O–H groups in total. The minimum atomic E-state index is 0.466. The number of fused-ring (bicyclic) bond motifs is 9. The van der Waals surface area contributed by atoms with Gasteiger partial charge in [-0.25, -0.2) is 24.9 Å². The predicted octanol–water partition coefficient (Wildman–Crippen LogP) is 15.6. The van der Waals surface area contributed by atoms with Gasteiger partial charge < -0.3 is 0 Å². The van der Waals surface area contributed by atoms with Crippen LogP contribution in [0.25, 0.3) is 131 Å². The van der Waals surface area contributed by atoms with Gasteiger partial charge in [0, 0.05) is 42.4 Å². The molecule has 5 nitrogen and oxygen atoms in total. The lowest BCUT2D eigenvalue weighted by molar-refractivity contribution is 1.05. The zero-order valence-electron chi connectivity index (χ0n) is 34.9. The van der Waals surface area contributed by atoms with E-state index in [1.165, 1.54) is 36.5 Å². The van der Waals surface area contributed by atoms with E-state index in [0.717, 1.165) is 65.8 Å². The number of benzene rings is 10. The summed E-state index contributed by atoms with van der Waals surface area (Å²) in [4.78, 5) is 26.6. The summed E-state index contributed by atoms with van der Waals surface area (Å²) in [6.07, 6.45) is 0. The molecule has 3 aromatic heterocycles. The molecule has 302 valence electrons. The molecular formula is C59H35N5S. The minimum absolute atomic E-state index is 0.466. The zero-order chi connectivity index (χ0) is 42.8. The van der Waals surface area contributed by atoms with E-state index in [1.807, 2.05) is 47.7 Å². The molecule has 3 heterocycles. The number of thiophene rings is 1. The average Bonchev–Trinajstić information content (AvgIpc) is 3.77. The van der Waals surface area contributed by atoms with E-state index in [1.54, 1.807) is 0 Å². The summed E-state index contributed by atoms with van der Waals surface area (Å²) < 4.78 is 2.58. The summed E-state index contributed by atoms with van der Waals surface area (Å²) in [6.45, 7) is 0. The summed E-state index contributed by atoms with van der Waals surface area (Å²) in [7, 11) is 0. The van der Waals surface area contributed by atoms with Crippen molar-refractivity contribution in [3.8, 4) is 68.1 Å². The maximum absolute atomic E-state index is 5.38. The van der Waals surface area contributed by atoms with Crippen LogP contribution in [-0.2, 0) is 0 Å². The second-order valence-electron chi connectivity index (χ2n) is 16.4. The molecular weight excluding hydrogens is 811 g/mol. The lowest BCUT2D eigenvalue weighted by Crippen LogP contribution is -2.04. The molecule has 0 aliphatic rings. The lowest BCUT2D eigenvalue weighted by atomic mass is 9.96.